The first-order valence-electron chi connectivity index (χ1n) is 7.65. The van der Waals surface area contributed by atoms with E-state index in [0.29, 0.717) is 37.9 Å². The van der Waals surface area contributed by atoms with Crippen molar-refractivity contribution in [3.63, 3.8) is 0 Å². The minimum atomic E-state index is -3.38. The standard InChI is InChI=1S/C14H33N3O2S.ClH/c1-12(2)7-10-17(11-8-13(3)4)20(18,19)16-9-6-14(5)15;/h12-14,16H,6-11,15H2,1-5H3;1H. The van der Waals surface area contributed by atoms with Crippen molar-refractivity contribution in [2.24, 2.45) is 17.6 Å². The highest BCUT2D eigenvalue weighted by Gasteiger charge is 2.21. The average molecular weight is 344 g/mol. The molecule has 0 aromatic rings. The summed E-state index contributed by atoms with van der Waals surface area (Å²) in [5.41, 5.74) is 5.65. The highest BCUT2D eigenvalue weighted by Crippen LogP contribution is 2.09. The molecule has 0 saturated heterocycles. The zero-order chi connectivity index (χ0) is 15.8. The van der Waals surface area contributed by atoms with Crippen LogP contribution in [-0.2, 0) is 10.2 Å². The molecule has 21 heavy (non-hydrogen) atoms. The van der Waals surface area contributed by atoms with Gasteiger partial charge in [-0.3, -0.25) is 0 Å². The molecule has 7 heteroatoms. The molecule has 5 nitrogen and oxygen atoms in total. The Labute approximate surface area is 137 Å². The van der Waals surface area contributed by atoms with Crippen LogP contribution in [0.5, 0.6) is 0 Å². The van der Waals surface area contributed by atoms with E-state index in [0.717, 1.165) is 12.8 Å². The van der Waals surface area contributed by atoms with Crippen molar-refractivity contribution in [3.05, 3.63) is 0 Å². The summed E-state index contributed by atoms with van der Waals surface area (Å²) in [5.74, 6) is 0.992. The van der Waals surface area contributed by atoms with Crippen molar-refractivity contribution in [2.75, 3.05) is 19.6 Å². The van der Waals surface area contributed by atoms with Crippen molar-refractivity contribution < 1.29 is 8.42 Å². The molecule has 0 amide bonds. The van der Waals surface area contributed by atoms with E-state index in [-0.39, 0.29) is 18.4 Å². The van der Waals surface area contributed by atoms with E-state index in [1.54, 1.807) is 4.31 Å². The van der Waals surface area contributed by atoms with E-state index in [4.69, 9.17) is 5.73 Å². The van der Waals surface area contributed by atoms with Gasteiger partial charge in [-0.25, -0.2) is 4.72 Å². The van der Waals surface area contributed by atoms with Crippen LogP contribution in [0.3, 0.4) is 0 Å². The fourth-order valence-corrected chi connectivity index (χ4v) is 2.91. The van der Waals surface area contributed by atoms with Gasteiger partial charge in [0.2, 0.25) is 0 Å². The van der Waals surface area contributed by atoms with Gasteiger partial charge in [-0.2, -0.15) is 12.7 Å². The molecule has 3 N–H and O–H groups in total. The Balaban J connectivity index is 0. The monoisotopic (exact) mass is 343 g/mol. The summed E-state index contributed by atoms with van der Waals surface area (Å²) in [4.78, 5) is 0. The molecule has 0 aromatic carbocycles. The van der Waals surface area contributed by atoms with Crippen LogP contribution < -0.4 is 10.5 Å². The third-order valence-corrected chi connectivity index (χ3v) is 4.75. The predicted octanol–water partition coefficient (Wildman–Crippen LogP) is 2.37. The maximum absolute atomic E-state index is 12.3. The summed E-state index contributed by atoms with van der Waals surface area (Å²) in [6.07, 6.45) is 2.42. The Morgan fingerprint density at radius 2 is 1.38 bits per heavy atom. The fourth-order valence-electron chi connectivity index (χ4n) is 1.66. The van der Waals surface area contributed by atoms with Gasteiger partial charge >= 0.3 is 0 Å². The molecule has 0 heterocycles. The van der Waals surface area contributed by atoms with E-state index in [1.807, 2.05) is 6.92 Å². The van der Waals surface area contributed by atoms with Crippen LogP contribution in [0.15, 0.2) is 0 Å². The van der Waals surface area contributed by atoms with Gasteiger partial charge in [-0.15, -0.1) is 12.4 Å². The second-order valence-electron chi connectivity index (χ2n) is 6.43. The van der Waals surface area contributed by atoms with Gasteiger partial charge in [-0.1, -0.05) is 27.7 Å². The highest BCUT2D eigenvalue weighted by molar-refractivity contribution is 7.87. The van der Waals surface area contributed by atoms with Gasteiger partial charge in [0.15, 0.2) is 0 Å². The van der Waals surface area contributed by atoms with Gasteiger partial charge in [0, 0.05) is 25.7 Å². The number of hydrogen-bond acceptors (Lipinski definition) is 3. The lowest BCUT2D eigenvalue weighted by atomic mass is 10.1. The molecule has 0 radical (unpaired) electrons. The van der Waals surface area contributed by atoms with Crippen molar-refractivity contribution >= 4 is 22.6 Å². The molecule has 1 unspecified atom stereocenters. The summed E-state index contributed by atoms with van der Waals surface area (Å²) < 4.78 is 28.9. The minimum absolute atomic E-state index is 0. The van der Waals surface area contributed by atoms with Crippen LogP contribution in [0.4, 0.5) is 0 Å². The molecule has 0 aliphatic heterocycles. The molecular formula is C14H34ClN3O2S. The van der Waals surface area contributed by atoms with Crippen molar-refractivity contribution in [1.29, 1.82) is 0 Å². The lowest BCUT2D eigenvalue weighted by molar-refractivity contribution is 0.352. The molecule has 0 aromatic heterocycles. The molecular weight excluding hydrogens is 310 g/mol. The molecule has 0 spiro atoms. The Hall–Kier alpha value is 0.120. The Kier molecular flexibility index (Phi) is 13.0. The smallest absolute Gasteiger partial charge is 0.279 e. The van der Waals surface area contributed by atoms with Gasteiger partial charge in [-0.05, 0) is 38.0 Å². The van der Waals surface area contributed by atoms with Crippen molar-refractivity contribution in [3.8, 4) is 0 Å². The number of rotatable bonds is 11. The molecule has 0 saturated carbocycles. The van der Waals surface area contributed by atoms with Gasteiger partial charge in [0.05, 0.1) is 0 Å². The third kappa shape index (κ3) is 12.4. The molecule has 0 fully saturated rings. The Morgan fingerprint density at radius 3 is 1.71 bits per heavy atom. The first kappa shape index (κ1) is 23.4. The van der Waals surface area contributed by atoms with E-state index in [2.05, 4.69) is 32.4 Å². The highest BCUT2D eigenvalue weighted by atomic mass is 35.5. The minimum Gasteiger partial charge on any atom is -0.328 e. The van der Waals surface area contributed by atoms with Crippen LogP contribution >= 0.6 is 12.4 Å². The normalized spacial score (nSPS) is 13.8. The number of nitrogens with two attached hydrogens (primary N) is 1. The van der Waals surface area contributed by atoms with E-state index in [1.165, 1.54) is 0 Å². The summed E-state index contributed by atoms with van der Waals surface area (Å²) in [5, 5.41) is 0. The number of nitrogens with one attached hydrogen (secondary N) is 1. The average Bonchev–Trinajstić information content (AvgIpc) is 2.26. The van der Waals surface area contributed by atoms with Crippen LogP contribution in [0.2, 0.25) is 0 Å². The van der Waals surface area contributed by atoms with Crippen LogP contribution in [-0.4, -0.2) is 38.4 Å². The first-order valence-corrected chi connectivity index (χ1v) is 9.09. The first-order chi connectivity index (χ1) is 9.15. The zero-order valence-electron chi connectivity index (χ0n) is 14.1. The second kappa shape index (κ2) is 11.7. The van der Waals surface area contributed by atoms with Gasteiger partial charge < -0.3 is 5.73 Å². The van der Waals surface area contributed by atoms with Crippen molar-refractivity contribution in [1.82, 2.24) is 9.03 Å². The largest absolute Gasteiger partial charge is 0.328 e. The number of nitrogens with zero attached hydrogens (tertiary/aromatic N) is 1. The van der Waals surface area contributed by atoms with Crippen LogP contribution in [0.1, 0.15) is 53.9 Å². The molecule has 0 aliphatic carbocycles. The van der Waals surface area contributed by atoms with Crippen LogP contribution in [0, 0.1) is 11.8 Å². The molecule has 0 rings (SSSR count). The van der Waals surface area contributed by atoms with E-state index >= 15 is 0 Å². The quantitative estimate of drug-likeness (QED) is 0.604. The van der Waals surface area contributed by atoms with E-state index < -0.39 is 10.2 Å². The zero-order valence-corrected chi connectivity index (χ0v) is 15.8. The Morgan fingerprint density at radius 1 is 0.952 bits per heavy atom. The molecule has 0 aliphatic rings. The number of halogens is 1. The van der Waals surface area contributed by atoms with Crippen LogP contribution in [0.25, 0.3) is 0 Å². The summed E-state index contributed by atoms with van der Waals surface area (Å²) in [7, 11) is -3.38. The maximum atomic E-state index is 12.3. The van der Waals surface area contributed by atoms with Crippen molar-refractivity contribution in [2.45, 2.75) is 59.9 Å². The topological polar surface area (TPSA) is 75.4 Å². The fraction of sp³-hybridized carbons (Fsp3) is 1.00. The Bertz CT molecular complexity index is 334. The summed E-state index contributed by atoms with van der Waals surface area (Å²) in [6.45, 7) is 11.9. The maximum Gasteiger partial charge on any atom is 0.279 e. The molecule has 0 bridgehead atoms. The SMILES string of the molecule is CC(C)CCN(CCC(C)C)S(=O)(=O)NCCC(C)N.Cl. The lowest BCUT2D eigenvalue weighted by Gasteiger charge is -2.24. The predicted molar refractivity (Wildman–Crippen MR) is 92.9 cm³/mol. The lowest BCUT2D eigenvalue weighted by Crippen LogP contribution is -2.43. The van der Waals surface area contributed by atoms with Gasteiger partial charge in [0.25, 0.3) is 10.2 Å². The van der Waals surface area contributed by atoms with Gasteiger partial charge in [0.1, 0.15) is 0 Å². The second-order valence-corrected chi connectivity index (χ2v) is 8.18. The van der Waals surface area contributed by atoms with E-state index in [9.17, 15) is 8.42 Å². The molecule has 130 valence electrons. The molecule has 1 atom stereocenters. The third-order valence-electron chi connectivity index (χ3n) is 3.14. The summed E-state index contributed by atoms with van der Waals surface area (Å²) in [6, 6.07) is 0.0116. The summed E-state index contributed by atoms with van der Waals surface area (Å²) >= 11 is 0. The number of hydrogen-bond donors (Lipinski definition) is 2.